The number of hydrogen-bond acceptors (Lipinski definition) is 4. The number of piperidine rings is 1. The van der Waals surface area contributed by atoms with Crippen LogP contribution >= 0.6 is 11.3 Å². The maximum Gasteiger partial charge on any atom is 0.109 e. The molecule has 1 fully saturated rings. The average Bonchev–Trinajstić information content (AvgIpc) is 2.77. The smallest absolute Gasteiger partial charge is 0.109 e. The monoisotopic (exact) mass is 253 g/mol. The van der Waals surface area contributed by atoms with Gasteiger partial charge in [0.2, 0.25) is 0 Å². The first-order chi connectivity index (χ1) is 8.25. The lowest BCUT2D eigenvalue weighted by Gasteiger charge is -2.26. The van der Waals surface area contributed by atoms with Crippen molar-refractivity contribution >= 4 is 11.3 Å². The van der Waals surface area contributed by atoms with E-state index in [9.17, 15) is 0 Å². The SMILES string of the molecule is Cc1cnc([C@H](C)NCCN2CCCCC2)s1. The summed E-state index contributed by atoms with van der Waals surface area (Å²) in [5.74, 6) is 0. The molecule has 0 bridgehead atoms. The van der Waals surface area contributed by atoms with Crippen LogP contribution in [0, 0.1) is 6.92 Å². The Balaban J connectivity index is 1.67. The maximum atomic E-state index is 4.42. The van der Waals surface area contributed by atoms with Gasteiger partial charge in [-0.1, -0.05) is 6.42 Å². The lowest BCUT2D eigenvalue weighted by molar-refractivity contribution is 0.227. The Bertz CT molecular complexity index is 331. The van der Waals surface area contributed by atoms with E-state index in [-0.39, 0.29) is 0 Å². The van der Waals surface area contributed by atoms with Crippen molar-refractivity contribution in [2.24, 2.45) is 0 Å². The highest BCUT2D eigenvalue weighted by atomic mass is 32.1. The van der Waals surface area contributed by atoms with Crippen molar-refractivity contribution in [2.75, 3.05) is 26.2 Å². The fourth-order valence-electron chi connectivity index (χ4n) is 2.28. The topological polar surface area (TPSA) is 28.2 Å². The van der Waals surface area contributed by atoms with Crippen LogP contribution in [0.3, 0.4) is 0 Å². The third-order valence-corrected chi connectivity index (χ3v) is 4.43. The van der Waals surface area contributed by atoms with Crippen molar-refractivity contribution in [2.45, 2.75) is 39.2 Å². The van der Waals surface area contributed by atoms with E-state index in [0.717, 1.165) is 6.54 Å². The average molecular weight is 253 g/mol. The first-order valence-electron chi connectivity index (χ1n) is 6.64. The van der Waals surface area contributed by atoms with Crippen LogP contribution in [0.2, 0.25) is 0 Å². The van der Waals surface area contributed by atoms with E-state index in [1.165, 1.54) is 48.8 Å². The Kier molecular flexibility index (Phi) is 4.95. The number of nitrogens with one attached hydrogen (secondary N) is 1. The zero-order valence-corrected chi connectivity index (χ0v) is 11.7. The third kappa shape index (κ3) is 4.05. The molecule has 0 unspecified atom stereocenters. The normalized spacial score (nSPS) is 19.4. The van der Waals surface area contributed by atoms with E-state index >= 15 is 0 Å². The zero-order valence-electron chi connectivity index (χ0n) is 10.9. The Morgan fingerprint density at radius 1 is 1.41 bits per heavy atom. The van der Waals surface area contributed by atoms with E-state index < -0.39 is 0 Å². The molecule has 4 heteroatoms. The molecule has 1 N–H and O–H groups in total. The fourth-order valence-corrected chi connectivity index (χ4v) is 3.08. The summed E-state index contributed by atoms with van der Waals surface area (Å²) in [5, 5.41) is 4.78. The van der Waals surface area contributed by atoms with Crippen LogP contribution in [0.1, 0.15) is 42.1 Å². The molecule has 3 nitrogen and oxygen atoms in total. The molecule has 0 aromatic carbocycles. The van der Waals surface area contributed by atoms with E-state index in [0.29, 0.717) is 6.04 Å². The molecule has 1 aromatic heterocycles. The van der Waals surface area contributed by atoms with Gasteiger partial charge in [0.05, 0.1) is 6.04 Å². The van der Waals surface area contributed by atoms with Gasteiger partial charge in [-0.25, -0.2) is 4.98 Å². The van der Waals surface area contributed by atoms with Crippen molar-refractivity contribution in [1.82, 2.24) is 15.2 Å². The number of likely N-dealkylation sites (tertiary alicyclic amines) is 1. The lowest BCUT2D eigenvalue weighted by atomic mass is 10.1. The van der Waals surface area contributed by atoms with Crippen molar-refractivity contribution in [1.29, 1.82) is 0 Å². The minimum Gasteiger partial charge on any atom is -0.307 e. The van der Waals surface area contributed by atoms with Crippen molar-refractivity contribution in [3.05, 3.63) is 16.1 Å². The van der Waals surface area contributed by atoms with Crippen LogP contribution in [0.15, 0.2) is 6.20 Å². The van der Waals surface area contributed by atoms with Gasteiger partial charge in [-0.3, -0.25) is 0 Å². The Hall–Kier alpha value is -0.450. The van der Waals surface area contributed by atoms with E-state index in [1.807, 2.05) is 6.20 Å². The van der Waals surface area contributed by atoms with Crippen LogP contribution in [0.25, 0.3) is 0 Å². The van der Waals surface area contributed by atoms with Gasteiger partial charge in [-0.15, -0.1) is 11.3 Å². The first-order valence-corrected chi connectivity index (χ1v) is 7.45. The van der Waals surface area contributed by atoms with Gasteiger partial charge < -0.3 is 10.2 Å². The summed E-state index contributed by atoms with van der Waals surface area (Å²) in [5.41, 5.74) is 0. The molecule has 2 rings (SSSR count). The number of thiazole rings is 1. The number of rotatable bonds is 5. The van der Waals surface area contributed by atoms with Crippen molar-refractivity contribution in [3.63, 3.8) is 0 Å². The lowest BCUT2D eigenvalue weighted by Crippen LogP contribution is -2.36. The third-order valence-electron chi connectivity index (χ3n) is 3.34. The molecule has 2 heterocycles. The molecule has 1 aromatic rings. The molecule has 1 aliphatic rings. The van der Waals surface area contributed by atoms with Crippen LogP contribution in [0.5, 0.6) is 0 Å². The van der Waals surface area contributed by atoms with Gasteiger partial charge in [-0.2, -0.15) is 0 Å². The predicted octanol–water partition coefficient (Wildman–Crippen LogP) is 2.59. The predicted molar refractivity (Wildman–Crippen MR) is 73.6 cm³/mol. The van der Waals surface area contributed by atoms with E-state index in [4.69, 9.17) is 0 Å². The zero-order chi connectivity index (χ0) is 12.1. The fraction of sp³-hybridized carbons (Fsp3) is 0.769. The Morgan fingerprint density at radius 2 is 2.18 bits per heavy atom. The van der Waals surface area contributed by atoms with Gasteiger partial charge in [0.1, 0.15) is 5.01 Å². The van der Waals surface area contributed by atoms with Crippen molar-refractivity contribution < 1.29 is 0 Å². The second-order valence-corrected chi connectivity index (χ2v) is 6.15. The van der Waals surface area contributed by atoms with Gasteiger partial charge in [0, 0.05) is 24.2 Å². The molecular weight excluding hydrogens is 230 g/mol. The molecule has 0 radical (unpaired) electrons. The van der Waals surface area contributed by atoms with Gasteiger partial charge >= 0.3 is 0 Å². The summed E-state index contributed by atoms with van der Waals surface area (Å²) in [4.78, 5) is 8.29. The van der Waals surface area contributed by atoms with Gasteiger partial charge in [-0.05, 0) is 39.8 Å². The highest BCUT2D eigenvalue weighted by Gasteiger charge is 2.11. The number of hydrogen-bond donors (Lipinski definition) is 1. The Morgan fingerprint density at radius 3 is 2.82 bits per heavy atom. The first kappa shape index (κ1) is 13.0. The number of nitrogens with zero attached hydrogens (tertiary/aromatic N) is 2. The molecule has 0 saturated carbocycles. The second-order valence-electron chi connectivity index (χ2n) is 4.89. The summed E-state index contributed by atoms with van der Waals surface area (Å²) in [7, 11) is 0. The summed E-state index contributed by atoms with van der Waals surface area (Å²) < 4.78 is 0. The largest absolute Gasteiger partial charge is 0.307 e. The highest BCUT2D eigenvalue weighted by Crippen LogP contribution is 2.18. The van der Waals surface area contributed by atoms with Crippen molar-refractivity contribution in [3.8, 4) is 0 Å². The second kappa shape index (κ2) is 6.47. The molecule has 96 valence electrons. The summed E-state index contributed by atoms with van der Waals surface area (Å²) in [6.07, 6.45) is 6.13. The van der Waals surface area contributed by atoms with Gasteiger partial charge in [0.15, 0.2) is 0 Å². The van der Waals surface area contributed by atoms with Crippen LogP contribution in [0.4, 0.5) is 0 Å². The minimum absolute atomic E-state index is 0.387. The van der Waals surface area contributed by atoms with Crippen LogP contribution in [-0.4, -0.2) is 36.1 Å². The summed E-state index contributed by atoms with van der Waals surface area (Å²) >= 11 is 1.79. The summed E-state index contributed by atoms with van der Waals surface area (Å²) in [6, 6.07) is 0.387. The molecular formula is C13H23N3S. The quantitative estimate of drug-likeness (QED) is 0.874. The molecule has 17 heavy (non-hydrogen) atoms. The molecule has 0 amide bonds. The van der Waals surface area contributed by atoms with Gasteiger partial charge in [0.25, 0.3) is 0 Å². The van der Waals surface area contributed by atoms with Crippen LogP contribution < -0.4 is 5.32 Å². The molecule has 0 spiro atoms. The minimum atomic E-state index is 0.387. The van der Waals surface area contributed by atoms with E-state index in [2.05, 4.69) is 29.0 Å². The number of aromatic nitrogens is 1. The number of aryl methyl sites for hydroxylation is 1. The van der Waals surface area contributed by atoms with Crippen LogP contribution in [-0.2, 0) is 0 Å². The highest BCUT2D eigenvalue weighted by molar-refractivity contribution is 7.11. The Labute approximate surface area is 108 Å². The van der Waals surface area contributed by atoms with E-state index in [1.54, 1.807) is 11.3 Å². The summed E-state index contributed by atoms with van der Waals surface area (Å²) in [6.45, 7) is 9.13. The standard InChI is InChI=1S/C13H23N3S/c1-11-10-15-13(17-11)12(2)14-6-9-16-7-4-3-5-8-16/h10,12,14H,3-9H2,1-2H3/t12-/m0/s1. The molecule has 1 saturated heterocycles. The molecule has 1 atom stereocenters. The maximum absolute atomic E-state index is 4.42. The molecule has 1 aliphatic heterocycles. The molecule has 0 aliphatic carbocycles.